The first-order valence-electron chi connectivity index (χ1n) is 7.18. The Balaban J connectivity index is 1.81. The van der Waals surface area contributed by atoms with Crippen LogP contribution in [0.1, 0.15) is 18.5 Å². The van der Waals surface area contributed by atoms with E-state index in [1.165, 1.54) is 32.5 Å². The maximum absolute atomic E-state index is 4.59. The highest BCUT2D eigenvalue weighted by Gasteiger charge is 2.19. The van der Waals surface area contributed by atoms with Gasteiger partial charge in [0.1, 0.15) is 5.82 Å². The third-order valence-electron chi connectivity index (χ3n) is 3.78. The van der Waals surface area contributed by atoms with Crippen molar-refractivity contribution in [3.05, 3.63) is 23.9 Å². The Hall–Kier alpha value is -1.13. The van der Waals surface area contributed by atoms with Gasteiger partial charge in [-0.1, -0.05) is 6.07 Å². The summed E-state index contributed by atoms with van der Waals surface area (Å²) in [5.74, 6) is 1.82. The molecule has 19 heavy (non-hydrogen) atoms. The van der Waals surface area contributed by atoms with Crippen LogP contribution in [0.5, 0.6) is 0 Å². The summed E-state index contributed by atoms with van der Waals surface area (Å²) in [6.45, 7) is 4.60. The van der Waals surface area contributed by atoms with Gasteiger partial charge >= 0.3 is 0 Å². The highest BCUT2D eigenvalue weighted by atomic mass is 15.1. The van der Waals surface area contributed by atoms with Crippen molar-refractivity contribution in [2.24, 2.45) is 5.92 Å². The molecule has 4 nitrogen and oxygen atoms in total. The number of nitrogens with one attached hydrogen (secondary N) is 1. The molecule has 4 heteroatoms. The lowest BCUT2D eigenvalue weighted by Crippen LogP contribution is -2.36. The third kappa shape index (κ3) is 4.48. The van der Waals surface area contributed by atoms with Crippen molar-refractivity contribution in [2.45, 2.75) is 19.4 Å². The van der Waals surface area contributed by atoms with Gasteiger partial charge in [-0.25, -0.2) is 4.98 Å². The summed E-state index contributed by atoms with van der Waals surface area (Å²) in [4.78, 5) is 9.42. The minimum atomic E-state index is 0.864. The van der Waals surface area contributed by atoms with Gasteiger partial charge in [-0.2, -0.15) is 0 Å². The summed E-state index contributed by atoms with van der Waals surface area (Å²) in [7, 11) is 6.25. The fourth-order valence-electron chi connectivity index (χ4n) is 2.78. The van der Waals surface area contributed by atoms with Gasteiger partial charge in [0.05, 0.1) is 5.69 Å². The van der Waals surface area contributed by atoms with Crippen molar-refractivity contribution < 1.29 is 0 Å². The van der Waals surface area contributed by atoms with Gasteiger partial charge in [-0.15, -0.1) is 0 Å². The zero-order valence-electron chi connectivity index (χ0n) is 12.4. The minimum Gasteiger partial charge on any atom is -0.373 e. The number of anilines is 1. The normalized spacial score (nSPS) is 17.9. The van der Waals surface area contributed by atoms with Crippen LogP contribution in [-0.2, 0) is 6.54 Å². The third-order valence-corrected chi connectivity index (χ3v) is 3.78. The lowest BCUT2D eigenvalue weighted by molar-refractivity contribution is 0.155. The van der Waals surface area contributed by atoms with Crippen molar-refractivity contribution in [1.29, 1.82) is 0 Å². The Morgan fingerprint density at radius 2 is 2.05 bits per heavy atom. The maximum atomic E-state index is 4.59. The van der Waals surface area contributed by atoms with Crippen molar-refractivity contribution in [2.75, 3.05) is 46.1 Å². The monoisotopic (exact) mass is 262 g/mol. The predicted molar refractivity (Wildman–Crippen MR) is 80.3 cm³/mol. The molecule has 1 saturated heterocycles. The molecule has 0 bridgehead atoms. The Morgan fingerprint density at radius 1 is 1.32 bits per heavy atom. The molecule has 0 aromatic carbocycles. The number of nitrogens with zero attached hydrogens (tertiary/aromatic N) is 3. The molecule has 0 saturated carbocycles. The van der Waals surface area contributed by atoms with Crippen LogP contribution in [-0.4, -0.2) is 55.6 Å². The predicted octanol–water partition coefficient (Wildman–Crippen LogP) is 1.90. The summed E-state index contributed by atoms with van der Waals surface area (Å²) in [6, 6.07) is 6.20. The molecule has 1 aromatic heterocycles. The van der Waals surface area contributed by atoms with Crippen molar-refractivity contribution in [3.63, 3.8) is 0 Å². The molecular weight excluding hydrogens is 236 g/mol. The van der Waals surface area contributed by atoms with Crippen LogP contribution in [0.3, 0.4) is 0 Å². The van der Waals surface area contributed by atoms with Gasteiger partial charge in [0, 0.05) is 20.1 Å². The Morgan fingerprint density at radius 3 is 2.68 bits per heavy atom. The van der Waals surface area contributed by atoms with Crippen LogP contribution in [0.2, 0.25) is 0 Å². The van der Waals surface area contributed by atoms with Crippen LogP contribution in [0, 0.1) is 5.92 Å². The average molecular weight is 262 g/mol. The van der Waals surface area contributed by atoms with E-state index in [9.17, 15) is 0 Å². The molecule has 2 heterocycles. The number of aromatic nitrogens is 1. The molecule has 0 unspecified atom stereocenters. The SMILES string of the molecule is CNc1cccc(CN2CCC(CN(C)C)CC2)n1. The fourth-order valence-corrected chi connectivity index (χ4v) is 2.78. The Bertz CT molecular complexity index is 383. The minimum absolute atomic E-state index is 0.864. The van der Waals surface area contributed by atoms with Gasteiger partial charge in [0.2, 0.25) is 0 Å². The van der Waals surface area contributed by atoms with E-state index in [2.05, 4.69) is 46.3 Å². The average Bonchev–Trinajstić information content (AvgIpc) is 2.41. The van der Waals surface area contributed by atoms with Crippen LogP contribution < -0.4 is 5.32 Å². The molecule has 0 amide bonds. The number of hydrogen-bond donors (Lipinski definition) is 1. The second kappa shape index (κ2) is 6.87. The maximum Gasteiger partial charge on any atom is 0.126 e. The molecule has 106 valence electrons. The quantitative estimate of drug-likeness (QED) is 0.878. The van der Waals surface area contributed by atoms with Crippen LogP contribution in [0.25, 0.3) is 0 Å². The first-order valence-corrected chi connectivity index (χ1v) is 7.18. The molecule has 2 rings (SSSR count). The Kier molecular flexibility index (Phi) is 5.16. The lowest BCUT2D eigenvalue weighted by Gasteiger charge is -2.33. The van der Waals surface area contributed by atoms with E-state index < -0.39 is 0 Å². The summed E-state index contributed by atoms with van der Waals surface area (Å²) < 4.78 is 0. The first-order chi connectivity index (χ1) is 9.17. The summed E-state index contributed by atoms with van der Waals surface area (Å²) in [6.07, 6.45) is 2.62. The highest BCUT2D eigenvalue weighted by molar-refractivity contribution is 5.34. The molecular formula is C15H26N4. The van der Waals surface area contributed by atoms with Gasteiger partial charge in [0.15, 0.2) is 0 Å². The van der Waals surface area contributed by atoms with E-state index in [-0.39, 0.29) is 0 Å². The molecule has 0 atom stereocenters. The van der Waals surface area contributed by atoms with Gasteiger partial charge in [0.25, 0.3) is 0 Å². The number of pyridine rings is 1. The van der Waals surface area contributed by atoms with Gasteiger partial charge in [-0.3, -0.25) is 4.90 Å². The lowest BCUT2D eigenvalue weighted by atomic mass is 9.96. The zero-order chi connectivity index (χ0) is 13.7. The van der Waals surface area contributed by atoms with E-state index in [1.54, 1.807) is 0 Å². The molecule has 1 aliphatic heterocycles. The van der Waals surface area contributed by atoms with Crippen LogP contribution in [0.15, 0.2) is 18.2 Å². The largest absolute Gasteiger partial charge is 0.373 e. The topological polar surface area (TPSA) is 31.4 Å². The molecule has 1 aliphatic rings. The number of hydrogen-bond acceptors (Lipinski definition) is 4. The number of piperidine rings is 1. The summed E-state index contributed by atoms with van der Waals surface area (Å²) >= 11 is 0. The standard InChI is InChI=1S/C15H26N4/c1-16-15-6-4-5-14(17-15)12-19-9-7-13(8-10-19)11-18(2)3/h4-6,13H,7-12H2,1-3H3,(H,16,17). The van der Waals surface area contributed by atoms with E-state index in [4.69, 9.17) is 0 Å². The van der Waals surface area contributed by atoms with Gasteiger partial charge in [-0.05, 0) is 58.1 Å². The van der Waals surface area contributed by atoms with Crippen molar-refractivity contribution >= 4 is 5.82 Å². The number of likely N-dealkylation sites (tertiary alicyclic amines) is 1. The second-order valence-electron chi connectivity index (χ2n) is 5.75. The van der Waals surface area contributed by atoms with Gasteiger partial charge < -0.3 is 10.2 Å². The van der Waals surface area contributed by atoms with Crippen molar-refractivity contribution in [3.8, 4) is 0 Å². The molecule has 1 fully saturated rings. The fraction of sp³-hybridized carbons (Fsp3) is 0.667. The highest BCUT2D eigenvalue weighted by Crippen LogP contribution is 2.19. The van der Waals surface area contributed by atoms with Crippen molar-refractivity contribution in [1.82, 2.24) is 14.8 Å². The van der Waals surface area contributed by atoms with E-state index in [0.717, 1.165) is 24.0 Å². The van der Waals surface area contributed by atoms with Crippen LogP contribution >= 0.6 is 0 Å². The smallest absolute Gasteiger partial charge is 0.126 e. The van der Waals surface area contributed by atoms with E-state index >= 15 is 0 Å². The van der Waals surface area contributed by atoms with E-state index in [1.807, 2.05) is 13.1 Å². The summed E-state index contributed by atoms with van der Waals surface area (Å²) in [5.41, 5.74) is 1.16. The summed E-state index contributed by atoms with van der Waals surface area (Å²) in [5, 5.41) is 3.10. The zero-order valence-corrected chi connectivity index (χ0v) is 12.4. The molecule has 0 radical (unpaired) electrons. The Labute approximate surface area is 116 Å². The molecule has 1 N–H and O–H groups in total. The number of rotatable bonds is 5. The second-order valence-corrected chi connectivity index (χ2v) is 5.75. The van der Waals surface area contributed by atoms with Crippen LogP contribution in [0.4, 0.5) is 5.82 Å². The molecule has 0 spiro atoms. The molecule has 0 aliphatic carbocycles. The van der Waals surface area contributed by atoms with E-state index in [0.29, 0.717) is 0 Å². The molecule has 1 aromatic rings. The first kappa shape index (κ1) is 14.3.